The van der Waals surface area contributed by atoms with E-state index in [1.807, 2.05) is 0 Å². The zero-order chi connectivity index (χ0) is 19.6. The van der Waals surface area contributed by atoms with Crippen LogP contribution in [0.25, 0.3) is 11.5 Å². The van der Waals surface area contributed by atoms with Gasteiger partial charge in [-0.05, 0) is 44.2 Å². The molecule has 0 N–H and O–H groups in total. The van der Waals surface area contributed by atoms with E-state index in [0.717, 1.165) is 12.1 Å². The van der Waals surface area contributed by atoms with Crippen LogP contribution in [0, 0.1) is 11.6 Å². The van der Waals surface area contributed by atoms with E-state index in [9.17, 15) is 13.6 Å². The lowest BCUT2D eigenvalue weighted by Gasteiger charge is -2.25. The minimum absolute atomic E-state index is 0.0208. The van der Waals surface area contributed by atoms with Crippen LogP contribution in [0.1, 0.15) is 30.1 Å². The van der Waals surface area contributed by atoms with Crippen LogP contribution in [-0.4, -0.2) is 27.0 Å². The topological polar surface area (TPSA) is 59.2 Å². The van der Waals surface area contributed by atoms with Crippen LogP contribution in [-0.2, 0) is 6.54 Å². The molecule has 0 aliphatic heterocycles. The lowest BCUT2D eigenvalue weighted by atomic mass is 10.1. The third-order valence-electron chi connectivity index (χ3n) is 3.93. The molecule has 0 saturated heterocycles. The summed E-state index contributed by atoms with van der Waals surface area (Å²) in [5, 5.41) is 8.39. The van der Waals surface area contributed by atoms with E-state index in [-0.39, 0.29) is 29.9 Å². The standard InChI is InChI=1S/C19H16ClF2N3O2/c1-11(2)25(19(26)12-7-8-15(21)16(22)9-12)10-17-23-24-18(27-17)13-5-3-4-6-14(13)20/h3-9,11H,10H2,1-2H3. The Morgan fingerprint density at radius 1 is 1.15 bits per heavy atom. The quantitative estimate of drug-likeness (QED) is 0.631. The number of amides is 1. The summed E-state index contributed by atoms with van der Waals surface area (Å²) in [5.74, 6) is -2.12. The number of benzene rings is 2. The zero-order valence-corrected chi connectivity index (χ0v) is 15.4. The van der Waals surface area contributed by atoms with Crippen molar-refractivity contribution < 1.29 is 18.0 Å². The van der Waals surface area contributed by atoms with Crippen molar-refractivity contribution in [3.8, 4) is 11.5 Å². The van der Waals surface area contributed by atoms with Gasteiger partial charge in [-0.3, -0.25) is 4.79 Å². The average molecular weight is 392 g/mol. The zero-order valence-electron chi connectivity index (χ0n) is 14.6. The van der Waals surface area contributed by atoms with E-state index in [4.69, 9.17) is 16.0 Å². The van der Waals surface area contributed by atoms with Gasteiger partial charge in [0.25, 0.3) is 5.91 Å². The molecule has 140 valence electrons. The van der Waals surface area contributed by atoms with Gasteiger partial charge in [0.05, 0.1) is 17.1 Å². The van der Waals surface area contributed by atoms with Gasteiger partial charge in [-0.2, -0.15) is 0 Å². The van der Waals surface area contributed by atoms with Crippen molar-refractivity contribution in [1.82, 2.24) is 15.1 Å². The van der Waals surface area contributed by atoms with Gasteiger partial charge in [-0.25, -0.2) is 8.78 Å². The molecule has 0 bridgehead atoms. The van der Waals surface area contributed by atoms with Gasteiger partial charge in [0.15, 0.2) is 11.6 Å². The number of carbonyl (C=O) groups excluding carboxylic acids is 1. The highest BCUT2D eigenvalue weighted by Gasteiger charge is 2.23. The first kappa shape index (κ1) is 19.0. The molecule has 1 amide bonds. The molecule has 5 nitrogen and oxygen atoms in total. The SMILES string of the molecule is CC(C)N(Cc1nnc(-c2ccccc2Cl)o1)C(=O)c1ccc(F)c(F)c1. The predicted molar refractivity (Wildman–Crippen MR) is 96.1 cm³/mol. The third-order valence-corrected chi connectivity index (χ3v) is 4.26. The molecular formula is C19H16ClF2N3O2. The fourth-order valence-corrected chi connectivity index (χ4v) is 2.71. The molecule has 3 rings (SSSR count). The second-order valence-corrected chi connectivity index (χ2v) is 6.54. The maximum Gasteiger partial charge on any atom is 0.254 e. The predicted octanol–water partition coefficient (Wildman–Crippen LogP) is 4.72. The molecule has 1 heterocycles. The second-order valence-electron chi connectivity index (χ2n) is 6.14. The van der Waals surface area contributed by atoms with Gasteiger partial charge in [0.1, 0.15) is 0 Å². The molecule has 0 radical (unpaired) electrons. The summed E-state index contributed by atoms with van der Waals surface area (Å²) in [6, 6.07) is 9.81. The first-order valence-corrected chi connectivity index (χ1v) is 8.58. The Balaban J connectivity index is 1.84. The monoisotopic (exact) mass is 391 g/mol. The molecule has 1 aromatic heterocycles. The van der Waals surface area contributed by atoms with E-state index in [1.165, 1.54) is 11.0 Å². The van der Waals surface area contributed by atoms with Gasteiger partial charge in [-0.15, -0.1) is 10.2 Å². The molecular weight excluding hydrogens is 376 g/mol. The average Bonchev–Trinajstić information content (AvgIpc) is 3.10. The van der Waals surface area contributed by atoms with Crippen molar-refractivity contribution in [3.63, 3.8) is 0 Å². The van der Waals surface area contributed by atoms with Crippen molar-refractivity contribution in [2.45, 2.75) is 26.4 Å². The van der Waals surface area contributed by atoms with E-state index in [1.54, 1.807) is 38.1 Å². The summed E-state index contributed by atoms with van der Waals surface area (Å²) >= 11 is 6.12. The molecule has 0 saturated carbocycles. The van der Waals surface area contributed by atoms with Gasteiger partial charge in [0, 0.05) is 11.6 Å². The molecule has 0 aliphatic carbocycles. The van der Waals surface area contributed by atoms with E-state index in [0.29, 0.717) is 10.6 Å². The normalized spacial score (nSPS) is 11.0. The van der Waals surface area contributed by atoms with Crippen molar-refractivity contribution >= 4 is 17.5 Å². The van der Waals surface area contributed by atoms with Crippen LogP contribution in [0.4, 0.5) is 8.78 Å². The number of rotatable bonds is 5. The van der Waals surface area contributed by atoms with Crippen LogP contribution in [0.2, 0.25) is 5.02 Å². The highest BCUT2D eigenvalue weighted by atomic mass is 35.5. The summed E-state index contributed by atoms with van der Waals surface area (Å²) in [6.45, 7) is 3.61. The molecule has 2 aromatic carbocycles. The summed E-state index contributed by atoms with van der Waals surface area (Å²) in [4.78, 5) is 14.1. The van der Waals surface area contributed by atoms with Crippen molar-refractivity contribution in [3.05, 3.63) is 70.6 Å². The number of nitrogens with zero attached hydrogens (tertiary/aromatic N) is 3. The summed E-state index contributed by atoms with van der Waals surface area (Å²) in [6.07, 6.45) is 0. The van der Waals surface area contributed by atoms with Gasteiger partial charge >= 0.3 is 0 Å². The van der Waals surface area contributed by atoms with Crippen LogP contribution in [0.5, 0.6) is 0 Å². The largest absolute Gasteiger partial charge is 0.419 e. The van der Waals surface area contributed by atoms with Gasteiger partial charge < -0.3 is 9.32 Å². The molecule has 0 unspecified atom stereocenters. The molecule has 27 heavy (non-hydrogen) atoms. The first-order valence-electron chi connectivity index (χ1n) is 8.20. The fraction of sp³-hybridized carbons (Fsp3) is 0.211. The fourth-order valence-electron chi connectivity index (χ4n) is 2.49. The Morgan fingerprint density at radius 3 is 2.56 bits per heavy atom. The van der Waals surface area contributed by atoms with E-state index >= 15 is 0 Å². The number of hydrogen-bond acceptors (Lipinski definition) is 4. The van der Waals surface area contributed by atoms with Crippen LogP contribution in [0.3, 0.4) is 0 Å². The first-order chi connectivity index (χ1) is 12.9. The van der Waals surface area contributed by atoms with Gasteiger partial charge in [0.2, 0.25) is 11.8 Å². The van der Waals surface area contributed by atoms with Crippen molar-refractivity contribution in [2.75, 3.05) is 0 Å². The van der Waals surface area contributed by atoms with Crippen LogP contribution in [0.15, 0.2) is 46.9 Å². The van der Waals surface area contributed by atoms with E-state index < -0.39 is 17.5 Å². The maximum absolute atomic E-state index is 13.5. The number of aromatic nitrogens is 2. The molecule has 0 spiro atoms. The summed E-state index contributed by atoms with van der Waals surface area (Å²) in [5.41, 5.74) is 0.620. The van der Waals surface area contributed by atoms with Crippen molar-refractivity contribution in [1.29, 1.82) is 0 Å². The summed E-state index contributed by atoms with van der Waals surface area (Å²) < 4.78 is 32.2. The maximum atomic E-state index is 13.5. The number of hydrogen-bond donors (Lipinski definition) is 0. The number of halogens is 3. The molecule has 8 heteroatoms. The summed E-state index contributed by atoms with van der Waals surface area (Å²) in [7, 11) is 0. The minimum atomic E-state index is -1.08. The number of carbonyl (C=O) groups is 1. The second kappa shape index (κ2) is 7.84. The Kier molecular flexibility index (Phi) is 5.51. The van der Waals surface area contributed by atoms with Crippen LogP contribution >= 0.6 is 11.6 Å². The molecule has 0 fully saturated rings. The molecule has 3 aromatic rings. The lowest BCUT2D eigenvalue weighted by Crippen LogP contribution is -2.36. The lowest BCUT2D eigenvalue weighted by molar-refractivity contribution is 0.0672. The highest BCUT2D eigenvalue weighted by Crippen LogP contribution is 2.26. The Hall–Kier alpha value is -2.80. The van der Waals surface area contributed by atoms with Crippen LogP contribution < -0.4 is 0 Å². The molecule has 0 aliphatic rings. The highest BCUT2D eigenvalue weighted by molar-refractivity contribution is 6.33. The Labute approximate surface area is 159 Å². The Morgan fingerprint density at radius 2 is 1.89 bits per heavy atom. The smallest absolute Gasteiger partial charge is 0.254 e. The molecule has 0 atom stereocenters. The Bertz CT molecular complexity index is 975. The minimum Gasteiger partial charge on any atom is -0.419 e. The third kappa shape index (κ3) is 4.14. The van der Waals surface area contributed by atoms with Gasteiger partial charge in [-0.1, -0.05) is 23.7 Å². The van der Waals surface area contributed by atoms with Crippen molar-refractivity contribution in [2.24, 2.45) is 0 Å². The van der Waals surface area contributed by atoms with E-state index in [2.05, 4.69) is 10.2 Å².